The summed E-state index contributed by atoms with van der Waals surface area (Å²) in [5.74, 6) is 0.727. The summed E-state index contributed by atoms with van der Waals surface area (Å²) in [5.41, 5.74) is 4.45. The number of nitrogens with zero attached hydrogens (tertiary/aromatic N) is 2. The van der Waals surface area contributed by atoms with Gasteiger partial charge < -0.3 is 20.0 Å². The van der Waals surface area contributed by atoms with E-state index in [9.17, 15) is 10.2 Å². The molecule has 2 aromatic rings. The zero-order valence-electron chi connectivity index (χ0n) is 17.7. The Balaban J connectivity index is 2.10. The van der Waals surface area contributed by atoms with E-state index in [0.717, 1.165) is 37.1 Å². The van der Waals surface area contributed by atoms with Crippen molar-refractivity contribution >= 4 is 0 Å². The molecule has 1 aliphatic carbocycles. The van der Waals surface area contributed by atoms with Crippen molar-refractivity contribution in [1.29, 1.82) is 0 Å². The van der Waals surface area contributed by atoms with Crippen LogP contribution in [0.4, 0.5) is 0 Å². The molecule has 3 rings (SSSR count). The highest BCUT2D eigenvalue weighted by molar-refractivity contribution is 5.48. The molecule has 152 valence electrons. The lowest BCUT2D eigenvalue weighted by molar-refractivity contribution is 0.341. The Kier molecular flexibility index (Phi) is 6.31. The van der Waals surface area contributed by atoms with Crippen LogP contribution in [0.15, 0.2) is 36.4 Å². The Morgan fingerprint density at radius 1 is 0.714 bits per heavy atom. The predicted molar refractivity (Wildman–Crippen MR) is 115 cm³/mol. The maximum Gasteiger partial charge on any atom is 0.120 e. The Bertz CT molecular complexity index is 747. The molecule has 0 aliphatic heterocycles. The van der Waals surface area contributed by atoms with Gasteiger partial charge in [0, 0.05) is 29.6 Å². The minimum absolute atomic E-state index is 0.0538. The molecule has 2 N–H and O–H groups in total. The lowest BCUT2D eigenvalue weighted by atomic mass is 9.65. The molecule has 1 aliphatic rings. The molecule has 0 unspecified atom stereocenters. The zero-order chi connectivity index (χ0) is 20.3. The molecule has 0 saturated heterocycles. The van der Waals surface area contributed by atoms with Crippen LogP contribution in [-0.2, 0) is 18.5 Å². The molecule has 0 atom stereocenters. The minimum atomic E-state index is -0.0538. The summed E-state index contributed by atoms with van der Waals surface area (Å²) < 4.78 is 0. The third-order valence-corrected chi connectivity index (χ3v) is 5.94. The fourth-order valence-corrected chi connectivity index (χ4v) is 4.60. The first-order valence-electron chi connectivity index (χ1n) is 10.3. The van der Waals surface area contributed by atoms with Gasteiger partial charge in [-0.05, 0) is 76.4 Å². The summed E-state index contributed by atoms with van der Waals surface area (Å²) in [7, 11) is 8.10. The first-order chi connectivity index (χ1) is 13.3. The topological polar surface area (TPSA) is 46.9 Å². The van der Waals surface area contributed by atoms with Crippen molar-refractivity contribution in [3.63, 3.8) is 0 Å². The molecule has 0 aromatic heterocycles. The second-order valence-corrected chi connectivity index (χ2v) is 8.81. The van der Waals surface area contributed by atoms with Gasteiger partial charge in [0.05, 0.1) is 0 Å². The highest BCUT2D eigenvalue weighted by Gasteiger charge is 2.36. The van der Waals surface area contributed by atoms with Crippen LogP contribution in [0.1, 0.15) is 54.4 Å². The molecular weight excluding hydrogens is 348 g/mol. The largest absolute Gasteiger partial charge is 0.508 e. The Morgan fingerprint density at radius 3 is 1.54 bits per heavy atom. The summed E-state index contributed by atoms with van der Waals surface area (Å²) in [6.07, 6.45) is 5.88. The van der Waals surface area contributed by atoms with E-state index >= 15 is 0 Å². The van der Waals surface area contributed by atoms with E-state index in [-0.39, 0.29) is 5.41 Å². The smallest absolute Gasteiger partial charge is 0.120 e. The number of phenols is 2. The van der Waals surface area contributed by atoms with Gasteiger partial charge in [0.15, 0.2) is 0 Å². The Hall–Kier alpha value is -2.04. The van der Waals surface area contributed by atoms with E-state index in [1.165, 1.54) is 30.4 Å². The number of hydrogen-bond donors (Lipinski definition) is 2. The van der Waals surface area contributed by atoms with Crippen molar-refractivity contribution in [3.8, 4) is 11.5 Å². The quantitative estimate of drug-likeness (QED) is 0.774. The van der Waals surface area contributed by atoms with Gasteiger partial charge in [-0.15, -0.1) is 0 Å². The highest BCUT2D eigenvalue weighted by Crippen LogP contribution is 2.46. The number of aromatic hydroxyl groups is 2. The first kappa shape index (κ1) is 20.7. The molecule has 0 spiro atoms. The van der Waals surface area contributed by atoms with Crippen LogP contribution < -0.4 is 0 Å². The van der Waals surface area contributed by atoms with Gasteiger partial charge in [-0.2, -0.15) is 0 Å². The van der Waals surface area contributed by atoms with Crippen molar-refractivity contribution in [1.82, 2.24) is 9.80 Å². The van der Waals surface area contributed by atoms with Gasteiger partial charge in [0.2, 0.25) is 0 Å². The summed E-state index contributed by atoms with van der Waals surface area (Å²) in [4.78, 5) is 4.17. The molecule has 4 heteroatoms. The molecule has 0 radical (unpaired) electrons. The van der Waals surface area contributed by atoms with E-state index in [1.807, 2.05) is 40.3 Å². The standard InChI is InChI=1S/C24H34N2O2/c1-25(2)16-18-14-20(8-10-22(18)27)24(12-6-5-7-13-24)21-9-11-23(28)19(15-21)17-26(3)4/h8-11,14-15,27-28H,5-7,12-13,16-17H2,1-4H3. The van der Waals surface area contributed by atoms with E-state index in [4.69, 9.17) is 0 Å². The molecule has 0 bridgehead atoms. The lowest BCUT2D eigenvalue weighted by Gasteiger charge is -2.39. The summed E-state index contributed by atoms with van der Waals surface area (Å²) in [6, 6.07) is 12.3. The van der Waals surface area contributed by atoms with E-state index in [2.05, 4.69) is 34.1 Å². The summed E-state index contributed by atoms with van der Waals surface area (Å²) in [6.45, 7) is 1.44. The molecule has 0 amide bonds. The van der Waals surface area contributed by atoms with E-state index in [1.54, 1.807) is 0 Å². The third-order valence-electron chi connectivity index (χ3n) is 5.94. The van der Waals surface area contributed by atoms with Gasteiger partial charge in [-0.1, -0.05) is 31.4 Å². The molecule has 1 fully saturated rings. The van der Waals surface area contributed by atoms with Crippen molar-refractivity contribution in [2.24, 2.45) is 0 Å². The average Bonchev–Trinajstić information content (AvgIpc) is 2.65. The van der Waals surface area contributed by atoms with Crippen LogP contribution in [0.3, 0.4) is 0 Å². The number of rotatable bonds is 6. The third kappa shape index (κ3) is 4.34. The normalized spacial score (nSPS) is 16.6. The van der Waals surface area contributed by atoms with Crippen molar-refractivity contribution in [2.75, 3.05) is 28.2 Å². The van der Waals surface area contributed by atoms with Crippen LogP contribution in [0.25, 0.3) is 0 Å². The summed E-state index contributed by atoms with van der Waals surface area (Å²) in [5, 5.41) is 20.7. The fraction of sp³-hybridized carbons (Fsp3) is 0.500. The van der Waals surface area contributed by atoms with E-state index < -0.39 is 0 Å². The van der Waals surface area contributed by atoms with Crippen LogP contribution in [-0.4, -0.2) is 48.2 Å². The molecular formula is C24H34N2O2. The Labute approximate surface area is 169 Å². The summed E-state index contributed by atoms with van der Waals surface area (Å²) >= 11 is 0. The van der Waals surface area contributed by atoms with Crippen LogP contribution in [0.5, 0.6) is 11.5 Å². The average molecular weight is 383 g/mol. The lowest BCUT2D eigenvalue weighted by Crippen LogP contribution is -2.31. The van der Waals surface area contributed by atoms with Crippen LogP contribution in [0, 0.1) is 0 Å². The van der Waals surface area contributed by atoms with Crippen molar-refractivity contribution < 1.29 is 10.2 Å². The second-order valence-electron chi connectivity index (χ2n) is 8.81. The van der Waals surface area contributed by atoms with Crippen LogP contribution in [0.2, 0.25) is 0 Å². The number of phenolic OH excluding ortho intramolecular Hbond substituents is 2. The van der Waals surface area contributed by atoms with Crippen molar-refractivity contribution in [3.05, 3.63) is 58.7 Å². The molecule has 0 heterocycles. The maximum atomic E-state index is 10.4. The second kappa shape index (κ2) is 8.54. The highest BCUT2D eigenvalue weighted by atomic mass is 16.3. The minimum Gasteiger partial charge on any atom is -0.508 e. The maximum absolute atomic E-state index is 10.4. The van der Waals surface area contributed by atoms with E-state index in [0.29, 0.717) is 11.5 Å². The van der Waals surface area contributed by atoms with Gasteiger partial charge in [0.1, 0.15) is 11.5 Å². The zero-order valence-corrected chi connectivity index (χ0v) is 17.7. The molecule has 2 aromatic carbocycles. The SMILES string of the molecule is CN(C)Cc1cc(C2(c3ccc(O)c(CN(C)C)c3)CCCCC2)ccc1O. The fourth-order valence-electron chi connectivity index (χ4n) is 4.60. The number of hydrogen-bond acceptors (Lipinski definition) is 4. The van der Waals surface area contributed by atoms with Crippen molar-refractivity contribution in [2.45, 2.75) is 50.6 Å². The van der Waals surface area contributed by atoms with Gasteiger partial charge in [-0.3, -0.25) is 0 Å². The number of benzene rings is 2. The Morgan fingerprint density at radius 2 is 1.14 bits per heavy atom. The molecule has 28 heavy (non-hydrogen) atoms. The van der Waals surface area contributed by atoms with Gasteiger partial charge in [0.25, 0.3) is 0 Å². The van der Waals surface area contributed by atoms with Gasteiger partial charge in [-0.25, -0.2) is 0 Å². The van der Waals surface area contributed by atoms with Gasteiger partial charge >= 0.3 is 0 Å². The molecule has 1 saturated carbocycles. The predicted octanol–water partition coefficient (Wildman–Crippen LogP) is 4.47. The first-order valence-corrected chi connectivity index (χ1v) is 10.3. The monoisotopic (exact) mass is 382 g/mol. The van der Waals surface area contributed by atoms with Crippen LogP contribution >= 0.6 is 0 Å². The molecule has 4 nitrogen and oxygen atoms in total.